The summed E-state index contributed by atoms with van der Waals surface area (Å²) in [7, 11) is 1.50. The van der Waals surface area contributed by atoms with Crippen molar-refractivity contribution >= 4 is 29.3 Å². The first-order valence-electron chi connectivity index (χ1n) is 17.1. The highest BCUT2D eigenvalue weighted by Gasteiger charge is 2.55. The monoisotopic (exact) mass is 654 g/mol. The van der Waals surface area contributed by atoms with Crippen molar-refractivity contribution in [1.82, 2.24) is 20.2 Å². The molecule has 10 nitrogen and oxygen atoms in total. The largest absolute Gasteiger partial charge is 0.497 e. The van der Waals surface area contributed by atoms with Crippen LogP contribution in [-0.4, -0.2) is 71.1 Å². The molecule has 1 aromatic carbocycles. The van der Waals surface area contributed by atoms with Crippen LogP contribution in [0.15, 0.2) is 18.2 Å². The van der Waals surface area contributed by atoms with Gasteiger partial charge in [0.15, 0.2) is 5.69 Å². The summed E-state index contributed by atoms with van der Waals surface area (Å²) in [6.45, 7) is 3.72. The molecule has 0 radical (unpaired) electrons. The third kappa shape index (κ3) is 5.90. The molecule has 4 fully saturated rings. The van der Waals surface area contributed by atoms with Gasteiger partial charge >= 0.3 is 6.09 Å². The van der Waals surface area contributed by atoms with Crippen molar-refractivity contribution in [3.05, 3.63) is 23.9 Å². The van der Waals surface area contributed by atoms with Crippen LogP contribution < -0.4 is 14.8 Å². The Balaban J connectivity index is 1.27. The van der Waals surface area contributed by atoms with Crippen LogP contribution in [0.5, 0.6) is 11.6 Å². The fourth-order valence-electron chi connectivity index (χ4n) is 8.83. The number of rotatable bonds is 3. The summed E-state index contributed by atoms with van der Waals surface area (Å²) in [6, 6.07) is 3.05. The zero-order chi connectivity index (χ0) is 33.1. The van der Waals surface area contributed by atoms with E-state index >= 15 is 8.78 Å². The molecular formula is C35H44F2N4O6. The summed E-state index contributed by atoms with van der Waals surface area (Å²) in [4.78, 5) is 50.7. The lowest BCUT2D eigenvalue weighted by atomic mass is 9.79. The number of methoxy groups -OCH3 is 1. The molecule has 0 spiro atoms. The van der Waals surface area contributed by atoms with Gasteiger partial charge in [-0.25, -0.2) is 14.8 Å². The van der Waals surface area contributed by atoms with E-state index in [0.717, 1.165) is 38.5 Å². The number of aldehydes is 1. The van der Waals surface area contributed by atoms with Gasteiger partial charge in [0.25, 0.3) is 5.92 Å². The number of carbonyl (C=O) groups excluding carboxylic acids is 3. The number of hydrogen-bond donors (Lipinski definition) is 1. The Morgan fingerprint density at radius 1 is 1.00 bits per heavy atom. The first-order valence-corrected chi connectivity index (χ1v) is 17.1. The Kier molecular flexibility index (Phi) is 8.27. The van der Waals surface area contributed by atoms with Crippen molar-refractivity contribution in [1.29, 1.82) is 0 Å². The van der Waals surface area contributed by atoms with Gasteiger partial charge in [-0.2, -0.15) is 8.78 Å². The molecule has 254 valence electrons. The molecular weight excluding hydrogens is 610 g/mol. The molecule has 5 aliphatic rings. The average molecular weight is 655 g/mol. The lowest BCUT2D eigenvalue weighted by molar-refractivity contribution is -0.140. The van der Waals surface area contributed by atoms with Gasteiger partial charge in [0.2, 0.25) is 11.8 Å². The van der Waals surface area contributed by atoms with E-state index in [1.807, 2.05) is 6.92 Å². The molecule has 12 heteroatoms. The number of aromatic nitrogens is 2. The van der Waals surface area contributed by atoms with Crippen LogP contribution in [-0.2, 0) is 20.2 Å². The summed E-state index contributed by atoms with van der Waals surface area (Å²) in [5.74, 6) is -3.09. The normalized spacial score (nSPS) is 35.0. The van der Waals surface area contributed by atoms with E-state index in [2.05, 4.69) is 15.3 Å². The number of nitrogens with zero attached hydrogens (tertiary/aromatic N) is 3. The van der Waals surface area contributed by atoms with E-state index in [1.54, 1.807) is 25.1 Å². The summed E-state index contributed by atoms with van der Waals surface area (Å²) in [5, 5.41) is 2.95. The average Bonchev–Trinajstić information content (AvgIpc) is 3.34. The van der Waals surface area contributed by atoms with Gasteiger partial charge in [-0.15, -0.1) is 0 Å². The first-order chi connectivity index (χ1) is 22.5. The van der Waals surface area contributed by atoms with Crippen molar-refractivity contribution in [3.8, 4) is 11.6 Å². The Morgan fingerprint density at radius 3 is 2.51 bits per heavy atom. The van der Waals surface area contributed by atoms with Crippen LogP contribution in [0.4, 0.5) is 13.6 Å². The molecule has 1 N–H and O–H groups in total. The maximum Gasteiger partial charge on any atom is 0.408 e. The summed E-state index contributed by atoms with van der Waals surface area (Å²) >= 11 is 0. The quantitative estimate of drug-likeness (QED) is 0.413. The van der Waals surface area contributed by atoms with Crippen LogP contribution in [0.3, 0.4) is 0 Å². The van der Waals surface area contributed by atoms with Crippen LogP contribution in [0, 0.1) is 29.1 Å². The highest BCUT2D eigenvalue weighted by molar-refractivity contribution is 5.89. The van der Waals surface area contributed by atoms with Gasteiger partial charge < -0.3 is 29.2 Å². The molecule has 2 unspecified atom stereocenters. The second-order valence-electron chi connectivity index (χ2n) is 14.8. The number of ether oxygens (including phenoxy) is 3. The molecule has 2 aromatic rings. The van der Waals surface area contributed by atoms with Gasteiger partial charge in [-0.1, -0.05) is 33.1 Å². The molecule has 1 saturated heterocycles. The fourth-order valence-corrected chi connectivity index (χ4v) is 8.83. The maximum atomic E-state index is 16.1. The summed E-state index contributed by atoms with van der Waals surface area (Å²) < 4.78 is 49.8. The number of alkyl carbamates (subject to hydrolysis) is 1. The van der Waals surface area contributed by atoms with E-state index in [-0.39, 0.29) is 36.4 Å². The minimum Gasteiger partial charge on any atom is -0.497 e. The number of carbonyl (C=O) groups is 3. The SMILES string of the molecule is COc1ccc2nc3c(nc2c1)O[C@H]1CN(C(=O)[C@H](C2(C)CCCC2)NC(=O)O[C@@H]2CC4CC4[C@H]2CCCCC3(F)F)[C@H](C=O)[C@@H]1C. The van der Waals surface area contributed by atoms with Crippen LogP contribution in [0.1, 0.15) is 83.7 Å². The van der Waals surface area contributed by atoms with Crippen LogP contribution >= 0.6 is 0 Å². The van der Waals surface area contributed by atoms with E-state index in [4.69, 9.17) is 14.2 Å². The Labute approximate surface area is 273 Å². The lowest BCUT2D eigenvalue weighted by Crippen LogP contribution is -2.57. The molecule has 2 aliphatic heterocycles. The number of amides is 2. The number of nitrogens with one attached hydrogen (secondary N) is 1. The van der Waals surface area contributed by atoms with E-state index in [0.29, 0.717) is 42.2 Å². The number of halogens is 2. The molecule has 2 amide bonds. The third-order valence-electron chi connectivity index (χ3n) is 11.8. The second kappa shape index (κ2) is 12.1. The van der Waals surface area contributed by atoms with Crippen molar-refractivity contribution in [2.24, 2.45) is 29.1 Å². The Hall–Kier alpha value is -3.57. The Bertz CT molecular complexity index is 1550. The minimum absolute atomic E-state index is 0.0381. The zero-order valence-electron chi connectivity index (χ0n) is 27.3. The van der Waals surface area contributed by atoms with Crippen molar-refractivity contribution in [2.45, 2.75) is 108 Å². The van der Waals surface area contributed by atoms with Crippen molar-refractivity contribution in [3.63, 3.8) is 0 Å². The molecule has 2 bridgehead atoms. The van der Waals surface area contributed by atoms with Gasteiger partial charge in [0, 0.05) is 18.4 Å². The van der Waals surface area contributed by atoms with E-state index in [9.17, 15) is 14.4 Å². The molecule has 3 aliphatic carbocycles. The summed E-state index contributed by atoms with van der Waals surface area (Å²) in [5.41, 5.74) is -0.466. The predicted molar refractivity (Wildman–Crippen MR) is 167 cm³/mol. The zero-order valence-corrected chi connectivity index (χ0v) is 27.3. The van der Waals surface area contributed by atoms with Gasteiger partial charge in [0.1, 0.15) is 30.3 Å². The molecule has 8 atom stereocenters. The van der Waals surface area contributed by atoms with E-state index in [1.165, 1.54) is 12.0 Å². The molecule has 1 aromatic heterocycles. The number of fused-ring (bicyclic) bond motifs is 7. The number of hydrogen-bond acceptors (Lipinski definition) is 8. The number of benzene rings is 1. The first kappa shape index (κ1) is 32.0. The Morgan fingerprint density at radius 2 is 1.77 bits per heavy atom. The molecule has 3 saturated carbocycles. The highest BCUT2D eigenvalue weighted by Crippen LogP contribution is 2.58. The van der Waals surface area contributed by atoms with Crippen molar-refractivity contribution < 1.29 is 37.4 Å². The number of alkyl halides is 2. The summed E-state index contributed by atoms with van der Waals surface area (Å²) in [6.07, 6.45) is 5.11. The highest BCUT2D eigenvalue weighted by atomic mass is 19.3. The third-order valence-corrected chi connectivity index (χ3v) is 11.8. The van der Waals surface area contributed by atoms with Gasteiger partial charge in [-0.05, 0) is 73.8 Å². The van der Waals surface area contributed by atoms with Gasteiger partial charge in [0.05, 0.1) is 30.7 Å². The molecule has 3 heterocycles. The van der Waals surface area contributed by atoms with Crippen LogP contribution in [0.2, 0.25) is 0 Å². The smallest absolute Gasteiger partial charge is 0.408 e. The second-order valence-corrected chi connectivity index (χ2v) is 14.8. The molecule has 47 heavy (non-hydrogen) atoms. The maximum absolute atomic E-state index is 16.1. The predicted octanol–water partition coefficient (Wildman–Crippen LogP) is 5.80. The van der Waals surface area contributed by atoms with Crippen LogP contribution in [0.25, 0.3) is 11.0 Å². The van der Waals surface area contributed by atoms with E-state index < -0.39 is 59.6 Å². The van der Waals surface area contributed by atoms with Gasteiger partial charge in [-0.3, -0.25) is 4.79 Å². The topological polar surface area (TPSA) is 120 Å². The fraction of sp³-hybridized carbons (Fsp3) is 0.686. The van der Waals surface area contributed by atoms with Crippen molar-refractivity contribution in [2.75, 3.05) is 13.7 Å². The minimum atomic E-state index is -3.35. The lowest BCUT2D eigenvalue weighted by Gasteiger charge is -2.37. The molecule has 7 rings (SSSR count). The standard InChI is InChI=1S/C35H44F2N4O6/c1-19-26(18-42)41-17-28(19)46-31-29(38-24-10-9-21(45-3)16-25(24)39-31)35(36,37)13-5-4-8-22-23-14-20(23)15-27(22)47-33(44)40-30(32(41)43)34(2)11-6-7-12-34/h9-10,16,18-20,22-23,26-28,30H,4-8,11-15,17H2,1-3H3,(H,40,44)/t19-,20?,22+,23?,26+,27+,28-,30+/m0/s1.